The molecule has 0 radical (unpaired) electrons. The molecule has 0 bridgehead atoms. The van der Waals surface area contributed by atoms with Gasteiger partial charge in [0.15, 0.2) is 0 Å². The summed E-state index contributed by atoms with van der Waals surface area (Å²) in [6.45, 7) is 7.78. The van der Waals surface area contributed by atoms with Crippen molar-refractivity contribution in [1.29, 1.82) is 0 Å². The molecule has 24 heavy (non-hydrogen) atoms. The highest BCUT2D eigenvalue weighted by atomic mass is 32.2. The summed E-state index contributed by atoms with van der Waals surface area (Å²) < 4.78 is 32.9. The molecule has 5 nitrogen and oxygen atoms in total. The third-order valence-corrected chi connectivity index (χ3v) is 6.61. The normalized spacial score (nSPS) is 21.6. The van der Waals surface area contributed by atoms with Gasteiger partial charge in [-0.15, -0.1) is 0 Å². The molecular formula is C18H30N2O3S. The van der Waals surface area contributed by atoms with Crippen molar-refractivity contribution in [2.45, 2.75) is 57.4 Å². The SMILES string of the molecule is CCCCCOc1ccc(S(=O)(=O)N2CCC(N)C(C)(C)C2)cc1. The number of nitrogens with two attached hydrogens (primary N) is 1. The van der Waals surface area contributed by atoms with Crippen molar-refractivity contribution in [1.82, 2.24) is 4.31 Å². The average Bonchev–Trinajstić information content (AvgIpc) is 2.54. The van der Waals surface area contributed by atoms with Crippen LogP contribution in [0.15, 0.2) is 29.2 Å². The number of nitrogens with zero attached hydrogens (tertiary/aromatic N) is 1. The fourth-order valence-corrected chi connectivity index (χ4v) is 4.56. The van der Waals surface area contributed by atoms with Gasteiger partial charge in [-0.3, -0.25) is 0 Å². The van der Waals surface area contributed by atoms with E-state index in [4.69, 9.17) is 10.5 Å². The number of hydrogen-bond donors (Lipinski definition) is 1. The van der Waals surface area contributed by atoms with Crippen molar-refractivity contribution < 1.29 is 13.2 Å². The minimum Gasteiger partial charge on any atom is -0.494 e. The van der Waals surface area contributed by atoms with Crippen LogP contribution in [0.3, 0.4) is 0 Å². The van der Waals surface area contributed by atoms with E-state index in [-0.39, 0.29) is 11.5 Å². The van der Waals surface area contributed by atoms with Gasteiger partial charge >= 0.3 is 0 Å². The van der Waals surface area contributed by atoms with Crippen LogP contribution in [0.2, 0.25) is 0 Å². The summed E-state index contributed by atoms with van der Waals surface area (Å²) in [6, 6.07) is 6.76. The molecule has 0 amide bonds. The van der Waals surface area contributed by atoms with Gasteiger partial charge in [-0.1, -0.05) is 33.6 Å². The molecule has 1 aromatic carbocycles. The molecule has 1 heterocycles. The fourth-order valence-electron chi connectivity index (χ4n) is 2.93. The Morgan fingerprint density at radius 2 is 1.92 bits per heavy atom. The zero-order valence-corrected chi connectivity index (χ0v) is 15.8. The van der Waals surface area contributed by atoms with Crippen LogP contribution in [0.25, 0.3) is 0 Å². The Kier molecular flexibility index (Phi) is 6.28. The third-order valence-electron chi connectivity index (χ3n) is 4.76. The van der Waals surface area contributed by atoms with Crippen LogP contribution < -0.4 is 10.5 Å². The van der Waals surface area contributed by atoms with Crippen LogP contribution in [0.4, 0.5) is 0 Å². The zero-order valence-electron chi connectivity index (χ0n) is 15.0. The maximum atomic E-state index is 12.8. The summed E-state index contributed by atoms with van der Waals surface area (Å²) in [5.41, 5.74) is 5.89. The highest BCUT2D eigenvalue weighted by molar-refractivity contribution is 7.89. The molecular weight excluding hydrogens is 324 g/mol. The summed E-state index contributed by atoms with van der Waals surface area (Å²) >= 11 is 0. The van der Waals surface area contributed by atoms with Crippen molar-refractivity contribution in [3.05, 3.63) is 24.3 Å². The summed E-state index contributed by atoms with van der Waals surface area (Å²) in [5, 5.41) is 0. The number of hydrogen-bond acceptors (Lipinski definition) is 4. The first kappa shape index (κ1) is 19.2. The van der Waals surface area contributed by atoms with Gasteiger partial charge in [0.25, 0.3) is 0 Å². The smallest absolute Gasteiger partial charge is 0.243 e. The maximum Gasteiger partial charge on any atom is 0.243 e. The van der Waals surface area contributed by atoms with E-state index in [0.29, 0.717) is 36.8 Å². The monoisotopic (exact) mass is 354 g/mol. The maximum absolute atomic E-state index is 12.8. The molecule has 0 saturated carbocycles. The van der Waals surface area contributed by atoms with Gasteiger partial charge in [-0.25, -0.2) is 8.42 Å². The van der Waals surface area contributed by atoms with Gasteiger partial charge in [0.05, 0.1) is 11.5 Å². The second kappa shape index (κ2) is 7.85. The van der Waals surface area contributed by atoms with E-state index in [0.717, 1.165) is 19.3 Å². The molecule has 0 aliphatic carbocycles. The number of ether oxygens (including phenoxy) is 1. The van der Waals surface area contributed by atoms with Crippen LogP contribution in [-0.2, 0) is 10.0 Å². The lowest BCUT2D eigenvalue weighted by molar-refractivity contribution is 0.155. The molecule has 2 N–H and O–H groups in total. The lowest BCUT2D eigenvalue weighted by Crippen LogP contribution is -2.53. The van der Waals surface area contributed by atoms with Crippen LogP contribution in [0.1, 0.15) is 46.5 Å². The van der Waals surface area contributed by atoms with Crippen molar-refractivity contribution >= 4 is 10.0 Å². The molecule has 1 aromatic rings. The van der Waals surface area contributed by atoms with Gasteiger partial charge < -0.3 is 10.5 Å². The second-order valence-corrected chi connectivity index (χ2v) is 9.19. The second-order valence-electron chi connectivity index (χ2n) is 7.25. The summed E-state index contributed by atoms with van der Waals surface area (Å²) in [4.78, 5) is 0.315. The molecule has 1 unspecified atom stereocenters. The molecule has 1 aliphatic heterocycles. The Morgan fingerprint density at radius 1 is 1.25 bits per heavy atom. The molecule has 1 atom stereocenters. The molecule has 1 saturated heterocycles. The minimum absolute atomic E-state index is 0.0304. The van der Waals surface area contributed by atoms with E-state index in [1.165, 1.54) is 0 Å². The summed E-state index contributed by atoms with van der Waals surface area (Å²) in [7, 11) is -3.48. The van der Waals surface area contributed by atoms with Crippen molar-refractivity contribution in [3.63, 3.8) is 0 Å². The van der Waals surface area contributed by atoms with Crippen LogP contribution in [0, 0.1) is 5.41 Å². The molecule has 2 rings (SSSR count). The Morgan fingerprint density at radius 3 is 2.50 bits per heavy atom. The Balaban J connectivity index is 2.04. The largest absolute Gasteiger partial charge is 0.494 e. The first-order valence-corrected chi connectivity index (χ1v) is 10.2. The van der Waals surface area contributed by atoms with Crippen LogP contribution in [-0.4, -0.2) is 38.5 Å². The minimum atomic E-state index is -3.48. The van der Waals surface area contributed by atoms with Gasteiger partial charge in [0, 0.05) is 19.1 Å². The summed E-state index contributed by atoms with van der Waals surface area (Å²) in [5.74, 6) is 0.714. The number of rotatable bonds is 7. The van der Waals surface area contributed by atoms with E-state index >= 15 is 0 Å². The lowest BCUT2D eigenvalue weighted by atomic mass is 9.81. The number of piperidine rings is 1. The predicted octanol–water partition coefficient (Wildman–Crippen LogP) is 3.00. The van der Waals surface area contributed by atoms with Crippen molar-refractivity contribution in [2.24, 2.45) is 11.1 Å². The van der Waals surface area contributed by atoms with Crippen LogP contribution >= 0.6 is 0 Å². The molecule has 1 fully saturated rings. The Labute approximate surface area is 146 Å². The first-order chi connectivity index (χ1) is 11.3. The zero-order chi connectivity index (χ0) is 17.8. The lowest BCUT2D eigenvalue weighted by Gasteiger charge is -2.41. The molecule has 136 valence electrons. The quantitative estimate of drug-likeness (QED) is 0.764. The van der Waals surface area contributed by atoms with Crippen molar-refractivity contribution in [2.75, 3.05) is 19.7 Å². The fraction of sp³-hybridized carbons (Fsp3) is 0.667. The number of sulfonamides is 1. The van der Waals surface area contributed by atoms with E-state index < -0.39 is 10.0 Å². The molecule has 0 aromatic heterocycles. The Bertz CT molecular complexity index is 626. The standard InChI is InChI=1S/C18H30N2O3S/c1-4-5-6-13-23-15-7-9-16(10-8-15)24(21,22)20-12-11-17(19)18(2,3)14-20/h7-10,17H,4-6,11-14,19H2,1-3H3. The number of benzene rings is 1. The van der Waals surface area contributed by atoms with Crippen LogP contribution in [0.5, 0.6) is 5.75 Å². The topological polar surface area (TPSA) is 72.6 Å². The molecule has 6 heteroatoms. The molecule has 1 aliphatic rings. The van der Waals surface area contributed by atoms with E-state index in [1.54, 1.807) is 28.6 Å². The highest BCUT2D eigenvalue weighted by Crippen LogP contribution is 2.31. The molecule has 0 spiro atoms. The van der Waals surface area contributed by atoms with Gasteiger partial charge in [-0.2, -0.15) is 4.31 Å². The average molecular weight is 355 g/mol. The number of unbranched alkanes of at least 4 members (excludes halogenated alkanes) is 2. The van der Waals surface area contributed by atoms with E-state index in [9.17, 15) is 8.42 Å². The predicted molar refractivity (Wildman–Crippen MR) is 96.6 cm³/mol. The highest BCUT2D eigenvalue weighted by Gasteiger charge is 2.38. The third kappa shape index (κ3) is 4.49. The summed E-state index contributed by atoms with van der Waals surface area (Å²) in [6.07, 6.45) is 3.99. The van der Waals surface area contributed by atoms with Gasteiger partial charge in [0.1, 0.15) is 5.75 Å². The van der Waals surface area contributed by atoms with Gasteiger partial charge in [-0.05, 0) is 42.5 Å². The Hall–Kier alpha value is -1.11. The van der Waals surface area contributed by atoms with Crippen molar-refractivity contribution in [3.8, 4) is 5.75 Å². The van der Waals surface area contributed by atoms with Gasteiger partial charge in [0.2, 0.25) is 10.0 Å². The first-order valence-electron chi connectivity index (χ1n) is 8.76. The van der Waals surface area contributed by atoms with E-state index in [2.05, 4.69) is 6.92 Å². The van der Waals surface area contributed by atoms with E-state index in [1.807, 2.05) is 13.8 Å².